The van der Waals surface area contributed by atoms with Gasteiger partial charge in [-0.1, -0.05) is 61.0 Å². The van der Waals surface area contributed by atoms with E-state index in [0.29, 0.717) is 22.9 Å². The number of ether oxygens (including phenoxy) is 2. The highest BCUT2D eigenvalue weighted by Gasteiger charge is 2.31. The molecule has 1 atom stereocenters. The monoisotopic (exact) mass is 556 g/mol. The Hall–Kier alpha value is -4.49. The second-order valence-corrected chi connectivity index (χ2v) is 9.90. The summed E-state index contributed by atoms with van der Waals surface area (Å²) >= 11 is 6.08. The van der Waals surface area contributed by atoms with Crippen LogP contribution < -0.4 is 14.8 Å². The van der Waals surface area contributed by atoms with Crippen LogP contribution >= 0.6 is 11.6 Å². The third kappa shape index (κ3) is 5.08. The zero-order chi connectivity index (χ0) is 28.4. The Morgan fingerprint density at radius 3 is 2.33 bits per heavy atom. The zero-order valence-corrected chi connectivity index (χ0v) is 23.1. The van der Waals surface area contributed by atoms with Gasteiger partial charge in [0, 0.05) is 17.1 Å². The molecule has 5 rings (SSSR count). The molecule has 0 aliphatic heterocycles. The molecular formula is C32H29ClN2O5. The topological polar surface area (TPSA) is 101 Å². The first-order valence-electron chi connectivity index (χ1n) is 12.9. The smallest absolute Gasteiger partial charge is 0.226 e. The average molecular weight is 557 g/mol. The fourth-order valence-electron chi connectivity index (χ4n) is 5.02. The molecule has 0 radical (unpaired) electrons. The Balaban J connectivity index is 1.63. The van der Waals surface area contributed by atoms with Gasteiger partial charge in [-0.05, 0) is 58.7 Å². The van der Waals surface area contributed by atoms with Crippen molar-refractivity contribution in [3.8, 4) is 23.1 Å². The summed E-state index contributed by atoms with van der Waals surface area (Å²) in [7, 11) is 2.96. The average Bonchev–Trinajstić information content (AvgIpc) is 2.96. The van der Waals surface area contributed by atoms with Crippen LogP contribution in [0.25, 0.3) is 21.7 Å². The highest BCUT2D eigenvalue weighted by Crippen LogP contribution is 2.46. The number of aryl methyl sites for hydroxylation is 1. The highest BCUT2D eigenvalue weighted by atomic mass is 35.5. The number of rotatable bonds is 9. The number of methoxy groups -OCH3 is 2. The molecule has 8 heteroatoms. The lowest BCUT2D eigenvalue weighted by Gasteiger charge is -2.22. The summed E-state index contributed by atoms with van der Waals surface area (Å²) in [5.74, 6) is -0.844. The van der Waals surface area contributed by atoms with Crippen LogP contribution in [0.4, 0.5) is 5.69 Å². The van der Waals surface area contributed by atoms with Crippen molar-refractivity contribution in [2.75, 3.05) is 19.5 Å². The summed E-state index contributed by atoms with van der Waals surface area (Å²) in [5.41, 5.74) is 2.33. The molecule has 4 aromatic carbocycles. The van der Waals surface area contributed by atoms with Crippen molar-refractivity contribution >= 4 is 44.7 Å². The molecule has 1 aromatic heterocycles. The third-order valence-electron chi connectivity index (χ3n) is 7.01. The molecule has 0 spiro atoms. The second kappa shape index (κ2) is 11.3. The molecule has 40 heavy (non-hydrogen) atoms. The summed E-state index contributed by atoms with van der Waals surface area (Å²) in [6, 6.07) is 21.8. The standard InChI is InChI=1S/C32H29ClN2O5/c1-4-19-17-24-26(31(40-3)30(19)39-2)29(37)27(32(38)35-24)28(36)25(15-18-9-12-22(33)13-10-18)34-23-14-11-20-7-5-6-8-21(20)16-23/h5-14,16-17,25,34H,4,15H2,1-3H3,(H2,35,37,38). The predicted octanol–water partition coefficient (Wildman–Crippen LogP) is 6.94. The number of benzene rings is 4. The molecule has 0 aliphatic carbocycles. The first kappa shape index (κ1) is 27.1. The number of pyridine rings is 1. The van der Waals surface area contributed by atoms with E-state index in [1.54, 1.807) is 18.2 Å². The maximum atomic E-state index is 14.1. The summed E-state index contributed by atoms with van der Waals surface area (Å²) in [6.45, 7) is 1.94. The Morgan fingerprint density at radius 2 is 1.65 bits per heavy atom. The molecule has 0 amide bonds. The summed E-state index contributed by atoms with van der Waals surface area (Å²) in [6.07, 6.45) is 0.868. The van der Waals surface area contributed by atoms with Gasteiger partial charge in [-0.15, -0.1) is 0 Å². The lowest BCUT2D eigenvalue weighted by atomic mass is 9.95. The highest BCUT2D eigenvalue weighted by molar-refractivity contribution is 6.30. The van der Waals surface area contributed by atoms with E-state index in [0.717, 1.165) is 21.9 Å². The number of Topliss-reactive ketones (excluding diaryl/α,β-unsaturated/α-hetero) is 1. The van der Waals surface area contributed by atoms with Gasteiger partial charge in [0.25, 0.3) is 0 Å². The van der Waals surface area contributed by atoms with Gasteiger partial charge in [0.1, 0.15) is 11.3 Å². The molecule has 0 aliphatic rings. The Bertz CT molecular complexity index is 1720. The maximum absolute atomic E-state index is 14.1. The van der Waals surface area contributed by atoms with Crippen molar-refractivity contribution in [3.63, 3.8) is 0 Å². The number of ketones is 1. The molecule has 0 bridgehead atoms. The lowest BCUT2D eigenvalue weighted by molar-refractivity contribution is 0.0963. The Morgan fingerprint density at radius 1 is 0.950 bits per heavy atom. The van der Waals surface area contributed by atoms with Crippen LogP contribution in [-0.2, 0) is 12.8 Å². The minimum Gasteiger partial charge on any atom is -0.506 e. The molecule has 5 aromatic rings. The van der Waals surface area contributed by atoms with Gasteiger partial charge in [-0.25, -0.2) is 4.98 Å². The van der Waals surface area contributed by atoms with Crippen LogP contribution in [0.15, 0.2) is 72.8 Å². The van der Waals surface area contributed by atoms with Gasteiger partial charge in [-0.3, -0.25) is 4.79 Å². The van der Waals surface area contributed by atoms with Crippen molar-refractivity contribution in [2.45, 2.75) is 25.8 Å². The quantitative estimate of drug-likeness (QED) is 0.169. The summed E-state index contributed by atoms with van der Waals surface area (Å²) < 4.78 is 11.2. The molecule has 3 N–H and O–H groups in total. The number of fused-ring (bicyclic) bond motifs is 2. The van der Waals surface area contributed by atoms with Crippen molar-refractivity contribution in [1.82, 2.24) is 4.98 Å². The predicted molar refractivity (Wildman–Crippen MR) is 158 cm³/mol. The van der Waals surface area contributed by atoms with Gasteiger partial charge < -0.3 is 25.0 Å². The number of halogens is 1. The van der Waals surface area contributed by atoms with Crippen LogP contribution in [0, 0.1) is 0 Å². The fraction of sp³-hybridized carbons (Fsp3) is 0.188. The number of carbonyl (C=O) groups is 1. The van der Waals surface area contributed by atoms with E-state index >= 15 is 0 Å². The minimum absolute atomic E-state index is 0.189. The van der Waals surface area contributed by atoms with Crippen LogP contribution in [0.5, 0.6) is 23.1 Å². The number of carbonyl (C=O) groups excluding carboxylic acids is 1. The van der Waals surface area contributed by atoms with E-state index in [4.69, 9.17) is 21.1 Å². The van der Waals surface area contributed by atoms with Gasteiger partial charge in [-0.2, -0.15) is 0 Å². The van der Waals surface area contributed by atoms with Gasteiger partial charge in [0.05, 0.1) is 31.2 Å². The van der Waals surface area contributed by atoms with Crippen molar-refractivity contribution in [2.24, 2.45) is 0 Å². The van der Waals surface area contributed by atoms with Crippen LogP contribution in [0.2, 0.25) is 5.02 Å². The van der Waals surface area contributed by atoms with E-state index in [9.17, 15) is 15.0 Å². The molecule has 0 saturated heterocycles. The number of hydrogen-bond acceptors (Lipinski definition) is 7. The van der Waals surface area contributed by atoms with E-state index in [-0.39, 0.29) is 28.6 Å². The summed E-state index contributed by atoms with van der Waals surface area (Å²) in [5, 5.41) is 28.6. The number of nitrogens with one attached hydrogen (secondary N) is 1. The largest absolute Gasteiger partial charge is 0.506 e. The van der Waals surface area contributed by atoms with Gasteiger partial charge in [0.2, 0.25) is 5.88 Å². The Kier molecular flexibility index (Phi) is 7.67. The molecule has 1 unspecified atom stereocenters. The third-order valence-corrected chi connectivity index (χ3v) is 7.26. The number of anilines is 1. The Labute approximate surface area is 237 Å². The molecular weight excluding hydrogens is 528 g/mol. The molecule has 0 fully saturated rings. The summed E-state index contributed by atoms with van der Waals surface area (Å²) in [4.78, 5) is 18.4. The number of nitrogens with zero attached hydrogens (tertiary/aromatic N) is 1. The number of aromatic hydroxyl groups is 2. The molecule has 7 nitrogen and oxygen atoms in total. The van der Waals surface area contributed by atoms with Crippen LogP contribution in [-0.4, -0.2) is 41.2 Å². The normalized spacial score (nSPS) is 11.9. The van der Waals surface area contributed by atoms with Crippen LogP contribution in [0.3, 0.4) is 0 Å². The maximum Gasteiger partial charge on any atom is 0.226 e. The first-order valence-corrected chi connectivity index (χ1v) is 13.3. The lowest BCUT2D eigenvalue weighted by Crippen LogP contribution is -2.32. The SMILES string of the molecule is CCc1cc2nc(O)c(C(=O)C(Cc3ccc(Cl)cc3)Nc3ccc4ccccc4c3)c(O)c2c(OC)c1OC. The molecule has 0 saturated carbocycles. The number of aromatic nitrogens is 1. The van der Waals surface area contributed by atoms with Crippen molar-refractivity contribution in [1.29, 1.82) is 0 Å². The van der Waals surface area contributed by atoms with E-state index in [1.807, 2.05) is 61.5 Å². The van der Waals surface area contributed by atoms with E-state index in [2.05, 4.69) is 10.3 Å². The van der Waals surface area contributed by atoms with Crippen LogP contribution in [0.1, 0.15) is 28.4 Å². The number of hydrogen-bond donors (Lipinski definition) is 3. The van der Waals surface area contributed by atoms with Crippen molar-refractivity contribution < 1.29 is 24.5 Å². The minimum atomic E-state index is -0.860. The molecule has 1 heterocycles. The van der Waals surface area contributed by atoms with Crippen molar-refractivity contribution in [3.05, 3.63) is 94.5 Å². The first-order chi connectivity index (χ1) is 19.3. The van der Waals surface area contributed by atoms with Gasteiger partial charge in [0.15, 0.2) is 17.3 Å². The zero-order valence-electron chi connectivity index (χ0n) is 22.4. The fourth-order valence-corrected chi connectivity index (χ4v) is 5.15. The molecule has 204 valence electrons. The van der Waals surface area contributed by atoms with Gasteiger partial charge >= 0.3 is 0 Å². The van der Waals surface area contributed by atoms with E-state index < -0.39 is 23.5 Å². The van der Waals surface area contributed by atoms with E-state index in [1.165, 1.54) is 14.2 Å². The second-order valence-electron chi connectivity index (χ2n) is 9.46.